The highest BCUT2D eigenvalue weighted by atomic mass is 35.5. The van der Waals surface area contributed by atoms with Crippen molar-refractivity contribution in [2.45, 2.75) is 6.61 Å². The fourth-order valence-corrected chi connectivity index (χ4v) is 1.91. The minimum atomic E-state index is -0.515. The van der Waals surface area contributed by atoms with Crippen molar-refractivity contribution in [3.63, 3.8) is 0 Å². The zero-order chi connectivity index (χ0) is 12.3. The molecular weight excluding hydrogens is 267 g/mol. The second-order valence-electron chi connectivity index (χ2n) is 2.98. The van der Waals surface area contributed by atoms with E-state index in [0.29, 0.717) is 10.1 Å². The second kappa shape index (κ2) is 5.26. The van der Waals surface area contributed by atoms with Crippen LogP contribution < -0.4 is 16.0 Å². The molecule has 3 N–H and O–H groups in total. The topological polar surface area (TPSA) is 73.1 Å². The Labute approximate surface area is 105 Å². The first-order chi connectivity index (χ1) is 8.20. The molecule has 0 amide bonds. The molecule has 0 aliphatic carbocycles. The first-order valence-electron chi connectivity index (χ1n) is 4.56. The van der Waals surface area contributed by atoms with Crippen LogP contribution >= 0.6 is 22.9 Å². The van der Waals surface area contributed by atoms with E-state index in [1.807, 2.05) is 0 Å². The molecule has 17 heavy (non-hydrogen) atoms. The predicted octanol–water partition coefficient (Wildman–Crippen LogP) is 2.20. The summed E-state index contributed by atoms with van der Waals surface area (Å²) in [6.07, 6.45) is 0. The van der Waals surface area contributed by atoms with Crippen LogP contribution in [-0.4, -0.2) is 10.2 Å². The summed E-state index contributed by atoms with van der Waals surface area (Å²) in [5, 5.41) is 8.76. The van der Waals surface area contributed by atoms with Crippen LogP contribution in [0.4, 0.5) is 9.52 Å². The summed E-state index contributed by atoms with van der Waals surface area (Å²) < 4.78 is 18.6. The van der Waals surface area contributed by atoms with Crippen LogP contribution in [0.2, 0.25) is 5.02 Å². The van der Waals surface area contributed by atoms with Crippen molar-refractivity contribution in [1.82, 2.24) is 10.2 Å². The van der Waals surface area contributed by atoms with E-state index in [9.17, 15) is 4.39 Å². The highest BCUT2D eigenvalue weighted by Crippen LogP contribution is 2.28. The largest absolute Gasteiger partial charge is 0.482 e. The quantitative estimate of drug-likeness (QED) is 0.660. The maximum atomic E-state index is 13.4. The van der Waals surface area contributed by atoms with Gasteiger partial charge in [-0.2, -0.15) is 0 Å². The molecule has 0 radical (unpaired) electrons. The van der Waals surface area contributed by atoms with Crippen LogP contribution in [0.15, 0.2) is 18.2 Å². The summed E-state index contributed by atoms with van der Waals surface area (Å²) in [4.78, 5) is 0. The zero-order valence-corrected chi connectivity index (χ0v) is 10.1. The lowest BCUT2D eigenvalue weighted by Gasteiger charge is -2.06. The number of nitrogens with zero attached hydrogens (tertiary/aromatic N) is 2. The number of para-hydroxylation sites is 1. The van der Waals surface area contributed by atoms with Gasteiger partial charge < -0.3 is 4.74 Å². The van der Waals surface area contributed by atoms with Crippen molar-refractivity contribution in [2.75, 3.05) is 5.43 Å². The maximum Gasteiger partial charge on any atom is 0.219 e. The molecule has 0 aliphatic rings. The van der Waals surface area contributed by atoms with E-state index in [-0.39, 0.29) is 17.4 Å². The van der Waals surface area contributed by atoms with Crippen molar-refractivity contribution in [2.24, 2.45) is 5.84 Å². The molecule has 0 unspecified atom stereocenters. The van der Waals surface area contributed by atoms with E-state index >= 15 is 0 Å². The van der Waals surface area contributed by atoms with E-state index in [0.717, 1.165) is 0 Å². The minimum Gasteiger partial charge on any atom is -0.482 e. The highest BCUT2D eigenvalue weighted by molar-refractivity contribution is 7.15. The average molecular weight is 275 g/mol. The molecule has 0 atom stereocenters. The number of aromatic nitrogens is 2. The highest BCUT2D eigenvalue weighted by Gasteiger charge is 2.10. The van der Waals surface area contributed by atoms with Gasteiger partial charge in [-0.1, -0.05) is 29.0 Å². The zero-order valence-electron chi connectivity index (χ0n) is 8.48. The van der Waals surface area contributed by atoms with Gasteiger partial charge >= 0.3 is 0 Å². The number of ether oxygens (including phenoxy) is 1. The van der Waals surface area contributed by atoms with E-state index in [2.05, 4.69) is 15.6 Å². The number of benzene rings is 1. The van der Waals surface area contributed by atoms with Crippen LogP contribution in [0.25, 0.3) is 0 Å². The molecule has 2 aromatic rings. The lowest BCUT2D eigenvalue weighted by Crippen LogP contribution is -2.05. The first kappa shape index (κ1) is 12.0. The predicted molar refractivity (Wildman–Crippen MR) is 63.5 cm³/mol. The standard InChI is InChI=1S/C9H8ClFN4OS/c10-5-2-1-3-6(11)8(5)16-4-7-14-15-9(13-12)17-7/h1-3H,4,12H2,(H,13,15). The molecule has 1 aromatic carbocycles. The summed E-state index contributed by atoms with van der Waals surface area (Å²) in [7, 11) is 0. The van der Waals surface area contributed by atoms with Crippen molar-refractivity contribution >= 4 is 28.1 Å². The Morgan fingerprint density at radius 1 is 1.47 bits per heavy atom. The van der Waals surface area contributed by atoms with Crippen LogP contribution in [0.5, 0.6) is 5.75 Å². The number of halogens is 2. The molecule has 5 nitrogen and oxygen atoms in total. The summed E-state index contributed by atoms with van der Waals surface area (Å²) in [5.41, 5.74) is 2.36. The van der Waals surface area contributed by atoms with Crippen molar-refractivity contribution in [3.05, 3.63) is 34.0 Å². The third-order valence-corrected chi connectivity index (χ3v) is 2.97. The minimum absolute atomic E-state index is 0.00613. The first-order valence-corrected chi connectivity index (χ1v) is 5.76. The number of nitrogen functional groups attached to an aromatic ring is 1. The average Bonchev–Trinajstić information content (AvgIpc) is 2.76. The molecule has 1 aromatic heterocycles. The van der Waals surface area contributed by atoms with Gasteiger partial charge in [0, 0.05) is 0 Å². The summed E-state index contributed by atoms with van der Waals surface area (Å²) in [6.45, 7) is 0.0833. The lowest BCUT2D eigenvalue weighted by molar-refractivity contribution is 0.289. The van der Waals surface area contributed by atoms with Crippen LogP contribution in [0.3, 0.4) is 0 Å². The van der Waals surface area contributed by atoms with Crippen molar-refractivity contribution < 1.29 is 9.13 Å². The number of rotatable bonds is 4. The SMILES string of the molecule is NNc1nnc(COc2c(F)cccc2Cl)s1. The molecule has 0 aliphatic heterocycles. The number of nitrogens with one attached hydrogen (secondary N) is 1. The smallest absolute Gasteiger partial charge is 0.219 e. The molecule has 0 saturated heterocycles. The maximum absolute atomic E-state index is 13.4. The molecule has 1 heterocycles. The van der Waals surface area contributed by atoms with Crippen LogP contribution in [-0.2, 0) is 6.61 Å². The van der Waals surface area contributed by atoms with Gasteiger partial charge in [0.15, 0.2) is 16.6 Å². The van der Waals surface area contributed by atoms with Gasteiger partial charge in [0.1, 0.15) is 6.61 Å². The van der Waals surface area contributed by atoms with E-state index in [1.54, 1.807) is 6.07 Å². The molecule has 0 fully saturated rings. The van der Waals surface area contributed by atoms with Gasteiger partial charge in [-0.05, 0) is 12.1 Å². The van der Waals surface area contributed by atoms with E-state index < -0.39 is 5.82 Å². The molecule has 90 valence electrons. The molecule has 2 rings (SSSR count). The molecule has 0 spiro atoms. The third kappa shape index (κ3) is 2.82. The number of anilines is 1. The number of hydrogen-bond donors (Lipinski definition) is 2. The summed E-state index contributed by atoms with van der Waals surface area (Å²) in [6, 6.07) is 4.33. The Hall–Kier alpha value is -1.44. The normalized spacial score (nSPS) is 10.3. The Balaban J connectivity index is 2.07. The third-order valence-electron chi connectivity index (χ3n) is 1.85. The Kier molecular flexibility index (Phi) is 3.72. The van der Waals surface area contributed by atoms with Crippen molar-refractivity contribution in [3.8, 4) is 5.75 Å². The number of hydrazine groups is 1. The number of hydrogen-bond acceptors (Lipinski definition) is 6. The summed E-state index contributed by atoms with van der Waals surface area (Å²) in [5.74, 6) is 4.65. The lowest BCUT2D eigenvalue weighted by atomic mass is 10.3. The van der Waals surface area contributed by atoms with Crippen LogP contribution in [0, 0.1) is 5.82 Å². The fraction of sp³-hybridized carbons (Fsp3) is 0.111. The van der Waals surface area contributed by atoms with Gasteiger partial charge in [-0.25, -0.2) is 10.2 Å². The van der Waals surface area contributed by atoms with Gasteiger partial charge in [0.05, 0.1) is 5.02 Å². The van der Waals surface area contributed by atoms with E-state index in [4.69, 9.17) is 22.2 Å². The molecule has 0 bridgehead atoms. The van der Waals surface area contributed by atoms with Gasteiger partial charge in [0.25, 0.3) is 0 Å². The number of nitrogens with two attached hydrogens (primary N) is 1. The van der Waals surface area contributed by atoms with Gasteiger partial charge in [-0.15, -0.1) is 10.2 Å². The molecule has 8 heteroatoms. The fourth-order valence-electron chi connectivity index (χ4n) is 1.12. The Morgan fingerprint density at radius 3 is 2.94 bits per heavy atom. The van der Waals surface area contributed by atoms with Crippen LogP contribution in [0.1, 0.15) is 5.01 Å². The van der Waals surface area contributed by atoms with Crippen molar-refractivity contribution in [1.29, 1.82) is 0 Å². The van der Waals surface area contributed by atoms with Gasteiger partial charge in [0.2, 0.25) is 5.13 Å². The summed E-state index contributed by atoms with van der Waals surface area (Å²) >= 11 is 7.01. The second-order valence-corrected chi connectivity index (χ2v) is 4.45. The molecular formula is C9H8ClFN4OS. The monoisotopic (exact) mass is 274 g/mol. The molecule has 0 saturated carbocycles. The Morgan fingerprint density at radius 2 is 2.29 bits per heavy atom. The van der Waals surface area contributed by atoms with Gasteiger partial charge in [-0.3, -0.25) is 5.43 Å². The van der Waals surface area contributed by atoms with E-state index in [1.165, 1.54) is 23.5 Å². The Bertz CT molecular complexity index is 501.